The smallest absolute Gasteiger partial charge is 0.232 e. The van der Waals surface area contributed by atoms with E-state index in [1.807, 2.05) is 37.3 Å². The van der Waals surface area contributed by atoms with Crippen molar-refractivity contribution in [2.24, 2.45) is 0 Å². The second-order valence-corrected chi connectivity index (χ2v) is 5.36. The van der Waals surface area contributed by atoms with E-state index in [-0.39, 0.29) is 11.2 Å². The molecule has 1 rings (SSSR count). The molecule has 0 saturated heterocycles. The molecule has 1 aromatic rings. The van der Waals surface area contributed by atoms with Crippen LogP contribution in [0.1, 0.15) is 19.4 Å². The molecule has 0 fully saturated rings. The molecule has 3 nitrogen and oxygen atoms in total. The number of hydrogen-bond donors (Lipinski definition) is 2. The fraction of sp³-hybridized carbons (Fsp3) is 0.462. The van der Waals surface area contributed by atoms with Gasteiger partial charge in [0, 0.05) is 12.3 Å². The van der Waals surface area contributed by atoms with Crippen molar-refractivity contribution in [2.45, 2.75) is 31.0 Å². The third-order valence-corrected chi connectivity index (χ3v) is 3.50. The molecule has 1 aromatic carbocycles. The van der Waals surface area contributed by atoms with Crippen LogP contribution in [0.2, 0.25) is 0 Å². The summed E-state index contributed by atoms with van der Waals surface area (Å²) in [6, 6.07) is 10.1. The van der Waals surface area contributed by atoms with Crippen LogP contribution in [0.15, 0.2) is 30.3 Å². The van der Waals surface area contributed by atoms with Crippen molar-refractivity contribution in [3.63, 3.8) is 0 Å². The van der Waals surface area contributed by atoms with Crippen LogP contribution < -0.4 is 5.32 Å². The molecular formula is C13H19NO2S. The summed E-state index contributed by atoms with van der Waals surface area (Å²) < 4.78 is 0. The summed E-state index contributed by atoms with van der Waals surface area (Å²) in [4.78, 5) is 11.6. The Morgan fingerprint density at radius 1 is 1.35 bits per heavy atom. The van der Waals surface area contributed by atoms with Crippen molar-refractivity contribution < 1.29 is 9.90 Å². The highest BCUT2D eigenvalue weighted by Crippen LogP contribution is 2.17. The second kappa shape index (κ2) is 7.35. The van der Waals surface area contributed by atoms with Crippen LogP contribution in [0.5, 0.6) is 0 Å². The maximum atomic E-state index is 11.6. The van der Waals surface area contributed by atoms with Gasteiger partial charge in [0.05, 0.1) is 11.4 Å². The van der Waals surface area contributed by atoms with Crippen LogP contribution >= 0.6 is 11.8 Å². The number of aliphatic hydroxyl groups is 1. The summed E-state index contributed by atoms with van der Waals surface area (Å²) >= 11 is 1.60. The summed E-state index contributed by atoms with van der Waals surface area (Å²) in [5.41, 5.74) is 1.22. The predicted molar refractivity (Wildman–Crippen MR) is 71.9 cm³/mol. The summed E-state index contributed by atoms with van der Waals surface area (Å²) in [7, 11) is 0. The first-order chi connectivity index (χ1) is 8.09. The quantitative estimate of drug-likeness (QED) is 0.813. The summed E-state index contributed by atoms with van der Waals surface area (Å²) in [5, 5.41) is 11.7. The van der Waals surface area contributed by atoms with E-state index in [2.05, 4.69) is 5.32 Å². The molecule has 4 heteroatoms. The maximum absolute atomic E-state index is 11.6. The first-order valence-corrected chi connectivity index (χ1v) is 6.75. The highest BCUT2D eigenvalue weighted by Gasteiger charge is 2.13. The van der Waals surface area contributed by atoms with Crippen LogP contribution in [0.4, 0.5) is 0 Å². The number of carbonyl (C=O) groups is 1. The van der Waals surface area contributed by atoms with Gasteiger partial charge in [-0.15, -0.1) is 11.8 Å². The second-order valence-electron chi connectivity index (χ2n) is 4.03. The van der Waals surface area contributed by atoms with Crippen molar-refractivity contribution in [1.82, 2.24) is 5.32 Å². The van der Waals surface area contributed by atoms with Gasteiger partial charge in [0.2, 0.25) is 5.91 Å². The number of benzene rings is 1. The SMILES string of the molecule is CC(O)CNC(=O)C(C)SCc1ccccc1. The molecule has 0 aliphatic heterocycles. The number of nitrogens with one attached hydrogen (secondary N) is 1. The molecule has 0 heterocycles. The molecule has 94 valence electrons. The fourth-order valence-electron chi connectivity index (χ4n) is 1.26. The highest BCUT2D eigenvalue weighted by molar-refractivity contribution is 7.99. The van der Waals surface area contributed by atoms with Gasteiger partial charge in [-0.05, 0) is 19.4 Å². The average Bonchev–Trinajstić information content (AvgIpc) is 2.34. The minimum Gasteiger partial charge on any atom is -0.392 e. The zero-order chi connectivity index (χ0) is 12.7. The molecule has 17 heavy (non-hydrogen) atoms. The van der Waals surface area contributed by atoms with Crippen molar-refractivity contribution in [1.29, 1.82) is 0 Å². The first kappa shape index (κ1) is 14.1. The van der Waals surface area contributed by atoms with Gasteiger partial charge in [0.25, 0.3) is 0 Å². The number of carbonyl (C=O) groups excluding carboxylic acids is 1. The Kier molecular flexibility index (Phi) is 6.08. The Balaban J connectivity index is 2.29. The molecular weight excluding hydrogens is 234 g/mol. The lowest BCUT2D eigenvalue weighted by Gasteiger charge is -2.12. The zero-order valence-corrected chi connectivity index (χ0v) is 11.0. The molecule has 0 radical (unpaired) electrons. The standard InChI is InChI=1S/C13H19NO2S/c1-10(15)8-14-13(16)11(2)17-9-12-6-4-3-5-7-12/h3-7,10-11,15H,8-9H2,1-2H3,(H,14,16). The number of aliphatic hydroxyl groups excluding tert-OH is 1. The summed E-state index contributed by atoms with van der Waals surface area (Å²) in [6.07, 6.45) is -0.495. The maximum Gasteiger partial charge on any atom is 0.232 e. The van der Waals surface area contributed by atoms with E-state index < -0.39 is 6.10 Å². The van der Waals surface area contributed by atoms with Gasteiger partial charge in [-0.1, -0.05) is 30.3 Å². The van der Waals surface area contributed by atoms with Gasteiger partial charge in [-0.25, -0.2) is 0 Å². The van der Waals surface area contributed by atoms with Gasteiger partial charge in [-0.3, -0.25) is 4.79 Å². The molecule has 2 unspecified atom stereocenters. The number of amides is 1. The van der Waals surface area contributed by atoms with Gasteiger partial charge in [-0.2, -0.15) is 0 Å². The Morgan fingerprint density at radius 3 is 2.59 bits per heavy atom. The monoisotopic (exact) mass is 253 g/mol. The molecule has 2 atom stereocenters. The van der Waals surface area contributed by atoms with Gasteiger partial charge < -0.3 is 10.4 Å². The molecule has 0 spiro atoms. The lowest BCUT2D eigenvalue weighted by molar-refractivity contribution is -0.120. The Labute approximate surface area is 107 Å². The third kappa shape index (κ3) is 5.75. The van der Waals surface area contributed by atoms with Crippen molar-refractivity contribution in [2.75, 3.05) is 6.54 Å². The first-order valence-electron chi connectivity index (χ1n) is 5.71. The van der Waals surface area contributed by atoms with Gasteiger partial charge in [0.1, 0.15) is 0 Å². The van der Waals surface area contributed by atoms with Crippen molar-refractivity contribution in [3.8, 4) is 0 Å². The molecule has 2 N–H and O–H groups in total. The van der Waals surface area contributed by atoms with Crippen LogP contribution in [0.3, 0.4) is 0 Å². The lowest BCUT2D eigenvalue weighted by Crippen LogP contribution is -2.35. The van der Waals surface area contributed by atoms with E-state index in [4.69, 9.17) is 5.11 Å². The molecule has 0 aliphatic carbocycles. The van der Waals surface area contributed by atoms with E-state index in [0.29, 0.717) is 6.54 Å². The number of thioether (sulfide) groups is 1. The number of hydrogen-bond acceptors (Lipinski definition) is 3. The summed E-state index contributed by atoms with van der Waals surface area (Å²) in [5.74, 6) is 0.802. The average molecular weight is 253 g/mol. The largest absolute Gasteiger partial charge is 0.392 e. The van der Waals surface area contributed by atoms with Crippen LogP contribution in [0, 0.1) is 0 Å². The zero-order valence-electron chi connectivity index (χ0n) is 10.2. The van der Waals surface area contributed by atoms with E-state index in [1.165, 1.54) is 5.56 Å². The molecule has 1 amide bonds. The van der Waals surface area contributed by atoms with Gasteiger partial charge in [0.15, 0.2) is 0 Å². The van der Waals surface area contributed by atoms with Gasteiger partial charge >= 0.3 is 0 Å². The Bertz CT molecular complexity index is 341. The van der Waals surface area contributed by atoms with Crippen molar-refractivity contribution >= 4 is 17.7 Å². The minimum absolute atomic E-state index is 0.0215. The third-order valence-electron chi connectivity index (χ3n) is 2.28. The van der Waals surface area contributed by atoms with E-state index in [9.17, 15) is 4.79 Å². The topological polar surface area (TPSA) is 49.3 Å². The number of rotatable bonds is 6. The van der Waals surface area contributed by atoms with E-state index >= 15 is 0 Å². The highest BCUT2D eigenvalue weighted by atomic mass is 32.2. The molecule has 0 aliphatic rings. The summed E-state index contributed by atoms with van der Waals surface area (Å²) in [6.45, 7) is 3.85. The predicted octanol–water partition coefficient (Wildman–Crippen LogP) is 1.81. The molecule has 0 bridgehead atoms. The minimum atomic E-state index is -0.495. The molecule has 0 aromatic heterocycles. The normalized spacial score (nSPS) is 14.1. The van der Waals surface area contributed by atoms with Crippen LogP contribution in [-0.2, 0) is 10.5 Å². The molecule has 0 saturated carbocycles. The van der Waals surface area contributed by atoms with Crippen LogP contribution in [-0.4, -0.2) is 28.9 Å². The lowest BCUT2D eigenvalue weighted by atomic mass is 10.2. The van der Waals surface area contributed by atoms with Crippen LogP contribution in [0.25, 0.3) is 0 Å². The Morgan fingerprint density at radius 2 is 2.00 bits per heavy atom. The Hall–Kier alpha value is -1.00. The van der Waals surface area contributed by atoms with Crippen molar-refractivity contribution in [3.05, 3.63) is 35.9 Å². The van der Waals surface area contributed by atoms with E-state index in [0.717, 1.165) is 5.75 Å². The van der Waals surface area contributed by atoms with E-state index in [1.54, 1.807) is 18.7 Å². The fourth-order valence-corrected chi connectivity index (χ4v) is 2.13.